The summed E-state index contributed by atoms with van der Waals surface area (Å²) >= 11 is 0. The molecule has 0 spiro atoms. The van der Waals surface area contributed by atoms with Crippen molar-refractivity contribution in [1.82, 2.24) is 0 Å². The van der Waals surface area contributed by atoms with Gasteiger partial charge < -0.3 is 28.9 Å². The Hall–Kier alpha value is -12.3. The fraction of sp³-hybridized carbons (Fsp3) is 0.206. The van der Waals surface area contributed by atoms with Crippen LogP contribution in [0.3, 0.4) is 0 Å². The van der Waals surface area contributed by atoms with E-state index in [-0.39, 0.29) is 5.92 Å². The fourth-order valence-electron chi connectivity index (χ4n) is 16.2. The SMILES string of the molecule is CCc1c(C)c(C)c(C(C)C)c(C)c1C(c1cc(C)c(OC(=O)c2ccc(N(c3ccc(C)cc3)c3ccc(C)cc3)cc2)c(C)c1)(c1cc(C)c(OC(=O)c2ccc(N(c3ccc(C)cc3)c3ccc(C)cc3)cc2)c(C)c1)c1cc(C)c(OC(=O)c2ccc(N(c3ccc(C)cc3)c3ccc(C)cc3)cc2)c(C)c1. The molecule has 111 heavy (non-hydrogen) atoms. The molecular weight excluding hydrogens is 1360 g/mol. The largest absolute Gasteiger partial charge is 0.422 e. The van der Waals surface area contributed by atoms with Crippen molar-refractivity contribution < 1.29 is 28.6 Å². The highest BCUT2D eigenvalue weighted by Gasteiger charge is 2.45. The van der Waals surface area contributed by atoms with Crippen molar-refractivity contribution in [2.45, 2.75) is 142 Å². The Labute approximate surface area is 656 Å². The highest BCUT2D eigenvalue weighted by atomic mass is 16.5. The highest BCUT2D eigenvalue weighted by Crippen LogP contribution is 2.54. The van der Waals surface area contributed by atoms with E-state index in [0.29, 0.717) is 40.4 Å². The van der Waals surface area contributed by atoms with E-state index < -0.39 is 23.3 Å². The first-order valence-electron chi connectivity index (χ1n) is 38.5. The Morgan fingerprint density at radius 2 is 0.486 bits per heavy atom. The Balaban J connectivity index is 0.934. The van der Waals surface area contributed by atoms with Crippen molar-refractivity contribution in [2.24, 2.45) is 0 Å². The monoisotopic (exact) mass is 1460 g/mol. The van der Waals surface area contributed by atoms with E-state index in [9.17, 15) is 14.4 Å². The van der Waals surface area contributed by atoms with Gasteiger partial charge in [0.25, 0.3) is 0 Å². The minimum absolute atomic E-state index is 0.138. The molecular formula is C102H99N3O6. The summed E-state index contributed by atoms with van der Waals surface area (Å²) in [6.45, 7) is 38.1. The van der Waals surface area contributed by atoms with Gasteiger partial charge in [-0.05, 0) is 345 Å². The second-order valence-corrected chi connectivity index (χ2v) is 30.5. The van der Waals surface area contributed by atoms with Crippen LogP contribution < -0.4 is 28.9 Å². The number of rotatable bonds is 21. The van der Waals surface area contributed by atoms with E-state index in [4.69, 9.17) is 14.2 Å². The molecule has 0 aliphatic carbocycles. The number of benzene rings is 13. The minimum Gasteiger partial charge on any atom is -0.422 e. The minimum atomic E-state index is -1.16. The van der Waals surface area contributed by atoms with Gasteiger partial charge in [0, 0.05) is 51.2 Å². The molecule has 558 valence electrons. The molecule has 9 nitrogen and oxygen atoms in total. The average Bonchev–Trinajstić information content (AvgIpc) is 0.699. The summed E-state index contributed by atoms with van der Waals surface area (Å²) in [4.78, 5) is 51.1. The number of aryl methyl sites for hydroxylation is 12. The van der Waals surface area contributed by atoms with Gasteiger partial charge in [-0.25, -0.2) is 14.4 Å². The summed E-state index contributed by atoms with van der Waals surface area (Å²) in [7, 11) is 0. The molecule has 9 heteroatoms. The van der Waals surface area contributed by atoms with E-state index in [1.807, 2.05) is 114 Å². The van der Waals surface area contributed by atoms with Crippen LogP contribution in [0.1, 0.15) is 175 Å². The lowest BCUT2D eigenvalue weighted by molar-refractivity contribution is 0.0723. The van der Waals surface area contributed by atoms with Gasteiger partial charge >= 0.3 is 17.9 Å². The van der Waals surface area contributed by atoms with Gasteiger partial charge in [0.15, 0.2) is 0 Å². The van der Waals surface area contributed by atoms with Crippen molar-refractivity contribution in [3.05, 3.63) is 388 Å². The lowest BCUT2D eigenvalue weighted by atomic mass is 9.60. The van der Waals surface area contributed by atoms with Crippen LogP contribution in [0.2, 0.25) is 0 Å². The molecule has 13 aromatic rings. The molecule has 0 amide bonds. The predicted octanol–water partition coefficient (Wildman–Crippen LogP) is 26.4. The van der Waals surface area contributed by atoms with Crippen LogP contribution >= 0.6 is 0 Å². The lowest BCUT2D eigenvalue weighted by Gasteiger charge is -2.42. The quantitative estimate of drug-likeness (QED) is 0.0396. The van der Waals surface area contributed by atoms with Crippen molar-refractivity contribution in [2.75, 3.05) is 14.7 Å². The Morgan fingerprint density at radius 1 is 0.288 bits per heavy atom. The van der Waals surface area contributed by atoms with Crippen molar-refractivity contribution in [3.63, 3.8) is 0 Å². The zero-order valence-electron chi connectivity index (χ0n) is 67.3. The molecule has 0 fully saturated rings. The standard InChI is InChI=1S/C102H99N3O6/c1-19-93-75(16)76(17)94(62(2)3)77(18)95(93)102(81-56-69(10)96(70(11)57-81)109-99(106)78-32-50-90(51-33-78)103(84-38-20-63(4)21-39-84)85-40-22-64(5)23-41-85,82-58-71(12)97(72(13)59-82)110-100(107)79-34-52-91(53-35-79)104(86-42-24-65(6)25-43-86)87-44-26-66(7)27-45-87)83-60-73(14)98(74(15)61-83)111-101(108)80-36-54-92(55-37-80)105(88-46-28-67(8)29-47-88)89-48-30-68(9)31-49-89/h20-62H,19H2,1-18H3. The fourth-order valence-corrected chi connectivity index (χ4v) is 16.2. The van der Waals surface area contributed by atoms with E-state index in [1.165, 1.54) is 22.3 Å². The first-order chi connectivity index (χ1) is 53.2. The molecule has 0 saturated heterocycles. The van der Waals surface area contributed by atoms with Gasteiger partial charge in [-0.2, -0.15) is 0 Å². The lowest BCUT2D eigenvalue weighted by Crippen LogP contribution is -2.35. The second kappa shape index (κ2) is 32.1. The normalized spacial score (nSPS) is 11.4. The second-order valence-electron chi connectivity index (χ2n) is 30.5. The van der Waals surface area contributed by atoms with E-state index in [0.717, 1.165) is 146 Å². The molecule has 0 heterocycles. The Bertz CT molecular complexity index is 4920. The van der Waals surface area contributed by atoms with Crippen LogP contribution in [0.15, 0.2) is 255 Å². The first kappa shape index (κ1) is 76.9. The molecule has 0 saturated carbocycles. The van der Waals surface area contributed by atoms with E-state index in [2.05, 4.69) is 280 Å². The maximum atomic E-state index is 14.8. The van der Waals surface area contributed by atoms with Crippen LogP contribution in [-0.4, -0.2) is 17.9 Å². The number of carbonyl (C=O) groups excluding carboxylic acids is 3. The van der Waals surface area contributed by atoms with Gasteiger partial charge in [-0.3, -0.25) is 0 Å². The van der Waals surface area contributed by atoms with Crippen LogP contribution in [0.5, 0.6) is 17.2 Å². The number of ether oxygens (including phenoxy) is 3. The van der Waals surface area contributed by atoms with E-state index >= 15 is 0 Å². The molecule has 13 aromatic carbocycles. The third kappa shape index (κ3) is 15.6. The number of nitrogens with zero attached hydrogens (tertiary/aromatic N) is 3. The summed E-state index contributed by atoms with van der Waals surface area (Å²) in [5, 5.41) is 0. The molecule has 0 aliphatic heterocycles. The van der Waals surface area contributed by atoms with Gasteiger partial charge in [0.1, 0.15) is 17.2 Å². The highest BCUT2D eigenvalue weighted by molar-refractivity contribution is 5.95. The summed E-state index contributed by atoms with van der Waals surface area (Å²) < 4.78 is 19.9. The van der Waals surface area contributed by atoms with Crippen molar-refractivity contribution >= 4 is 69.1 Å². The molecule has 13 rings (SSSR count). The molecule has 0 bridgehead atoms. The molecule has 0 aromatic heterocycles. The predicted molar refractivity (Wildman–Crippen MR) is 458 cm³/mol. The molecule has 0 aliphatic rings. The van der Waals surface area contributed by atoms with Gasteiger partial charge in [-0.15, -0.1) is 0 Å². The number of esters is 3. The summed E-state index contributed by atoms with van der Waals surface area (Å²) in [5.41, 5.74) is 30.1. The zero-order valence-corrected chi connectivity index (χ0v) is 67.3. The molecule has 0 unspecified atom stereocenters. The van der Waals surface area contributed by atoms with Crippen LogP contribution in [-0.2, 0) is 11.8 Å². The summed E-state index contributed by atoms with van der Waals surface area (Å²) in [5.74, 6) is 0.0568. The molecule has 0 atom stereocenters. The summed E-state index contributed by atoms with van der Waals surface area (Å²) in [6.07, 6.45) is 0.698. The van der Waals surface area contributed by atoms with Crippen LogP contribution in [0.25, 0.3) is 0 Å². The maximum Gasteiger partial charge on any atom is 0.343 e. The number of hydrogen-bond acceptors (Lipinski definition) is 9. The molecule has 0 N–H and O–H groups in total. The van der Waals surface area contributed by atoms with Crippen LogP contribution in [0.4, 0.5) is 51.2 Å². The van der Waals surface area contributed by atoms with Gasteiger partial charge in [0.05, 0.1) is 22.1 Å². The Morgan fingerprint density at radius 3 is 0.676 bits per heavy atom. The van der Waals surface area contributed by atoms with Crippen molar-refractivity contribution in [3.8, 4) is 17.2 Å². The number of anilines is 9. The number of hydrogen-bond donors (Lipinski definition) is 0. The third-order valence-corrected chi connectivity index (χ3v) is 21.9. The topological polar surface area (TPSA) is 88.6 Å². The zero-order chi connectivity index (χ0) is 78.9. The van der Waals surface area contributed by atoms with Gasteiger partial charge in [-0.1, -0.05) is 163 Å². The maximum absolute atomic E-state index is 14.8. The van der Waals surface area contributed by atoms with Crippen molar-refractivity contribution in [1.29, 1.82) is 0 Å². The van der Waals surface area contributed by atoms with Crippen LogP contribution in [0, 0.1) is 104 Å². The number of carbonyl (C=O) groups is 3. The summed E-state index contributed by atoms with van der Waals surface area (Å²) in [6, 6.07) is 86.6. The molecule has 0 radical (unpaired) electrons. The van der Waals surface area contributed by atoms with E-state index in [1.54, 1.807) is 0 Å². The van der Waals surface area contributed by atoms with Gasteiger partial charge in [0.2, 0.25) is 0 Å². The smallest absolute Gasteiger partial charge is 0.343 e. The first-order valence-corrected chi connectivity index (χ1v) is 38.5. The Kier molecular flexibility index (Phi) is 22.2. The average molecular weight is 1460 g/mol. The third-order valence-electron chi connectivity index (χ3n) is 21.9.